The predicted octanol–water partition coefficient (Wildman–Crippen LogP) is 4.63. The van der Waals surface area contributed by atoms with Crippen molar-refractivity contribution in [1.82, 2.24) is 0 Å². The zero-order valence-corrected chi connectivity index (χ0v) is 14.3. The molecule has 0 saturated heterocycles. The molecule has 2 aromatic rings. The lowest BCUT2D eigenvalue weighted by atomic mass is 10.0. The fourth-order valence-electron chi connectivity index (χ4n) is 2.58. The summed E-state index contributed by atoms with van der Waals surface area (Å²) in [5, 5.41) is 3.44. The molecule has 0 aromatic heterocycles. The minimum atomic E-state index is -0.140. The molecule has 0 fully saturated rings. The van der Waals surface area contributed by atoms with Gasteiger partial charge in [0.1, 0.15) is 0 Å². The number of benzene rings is 2. The summed E-state index contributed by atoms with van der Waals surface area (Å²) in [7, 11) is 1.61. The summed E-state index contributed by atoms with van der Waals surface area (Å²) in [5.74, 6) is 1.20. The van der Waals surface area contributed by atoms with E-state index in [1.165, 1.54) is 0 Å². The lowest BCUT2D eigenvalue weighted by Crippen LogP contribution is -2.03. The van der Waals surface area contributed by atoms with E-state index in [9.17, 15) is 4.79 Å². The maximum absolute atomic E-state index is 12.2. The molecule has 0 saturated carbocycles. The molecule has 0 unspecified atom stereocenters. The third-order valence-corrected chi connectivity index (χ3v) is 3.96. The van der Waals surface area contributed by atoms with Crippen LogP contribution >= 0.6 is 11.6 Å². The Bertz CT molecular complexity index is 814. The number of amides is 1. The summed E-state index contributed by atoms with van der Waals surface area (Å²) in [5.41, 5.74) is 3.02. The molecular weight excluding hydrogens is 326 g/mol. The van der Waals surface area contributed by atoms with Crippen LogP contribution in [-0.4, -0.2) is 19.6 Å². The number of halogens is 1. The smallest absolute Gasteiger partial charge is 0.256 e. The minimum Gasteiger partial charge on any atom is -0.493 e. The lowest BCUT2D eigenvalue weighted by molar-refractivity contribution is -0.110. The van der Waals surface area contributed by atoms with Crippen LogP contribution in [0.2, 0.25) is 5.02 Å². The molecule has 0 spiro atoms. The van der Waals surface area contributed by atoms with Crippen molar-refractivity contribution in [3.05, 3.63) is 52.5 Å². The average Bonchev–Trinajstić information content (AvgIpc) is 2.88. The number of hydrogen-bond acceptors (Lipinski definition) is 3. The second-order valence-corrected chi connectivity index (χ2v) is 5.90. The number of rotatable bonds is 5. The molecule has 1 aliphatic heterocycles. The van der Waals surface area contributed by atoms with Gasteiger partial charge in [-0.05, 0) is 48.4 Å². The van der Waals surface area contributed by atoms with Crippen LogP contribution in [0.3, 0.4) is 0 Å². The molecule has 1 aliphatic rings. The quantitative estimate of drug-likeness (QED) is 0.805. The molecule has 3 rings (SSSR count). The van der Waals surface area contributed by atoms with Crippen molar-refractivity contribution in [2.24, 2.45) is 0 Å². The van der Waals surface area contributed by atoms with Crippen LogP contribution in [0.25, 0.3) is 11.6 Å². The summed E-state index contributed by atoms with van der Waals surface area (Å²) in [4.78, 5) is 12.2. The summed E-state index contributed by atoms with van der Waals surface area (Å²) < 4.78 is 11.0. The number of fused-ring (bicyclic) bond motifs is 1. The van der Waals surface area contributed by atoms with Gasteiger partial charge in [-0.25, -0.2) is 0 Å². The van der Waals surface area contributed by atoms with Gasteiger partial charge in [0, 0.05) is 21.8 Å². The Morgan fingerprint density at radius 3 is 2.75 bits per heavy atom. The van der Waals surface area contributed by atoms with Crippen molar-refractivity contribution >= 4 is 34.8 Å². The Kier molecular flexibility index (Phi) is 4.76. The van der Waals surface area contributed by atoms with E-state index < -0.39 is 0 Å². The standard InChI is InChI=1S/C19H18ClNO3/c1-3-8-24-18-10-12(4-7-17(18)23-2)9-15-14-11-13(20)5-6-16(14)21-19(15)22/h4-7,9-11H,3,8H2,1-2H3,(H,21,22). The van der Waals surface area contributed by atoms with E-state index >= 15 is 0 Å². The maximum Gasteiger partial charge on any atom is 0.256 e. The van der Waals surface area contributed by atoms with Gasteiger partial charge in [-0.2, -0.15) is 0 Å². The van der Waals surface area contributed by atoms with Crippen LogP contribution in [0.4, 0.5) is 5.69 Å². The highest BCUT2D eigenvalue weighted by molar-refractivity contribution is 6.36. The Morgan fingerprint density at radius 1 is 1.17 bits per heavy atom. The fraction of sp³-hybridized carbons (Fsp3) is 0.211. The lowest BCUT2D eigenvalue weighted by Gasteiger charge is -2.11. The number of methoxy groups -OCH3 is 1. The normalized spacial score (nSPS) is 14.5. The van der Waals surface area contributed by atoms with Gasteiger partial charge < -0.3 is 14.8 Å². The third-order valence-electron chi connectivity index (χ3n) is 3.72. The van der Waals surface area contributed by atoms with E-state index in [4.69, 9.17) is 21.1 Å². The summed E-state index contributed by atoms with van der Waals surface area (Å²) in [6.45, 7) is 2.65. The van der Waals surface area contributed by atoms with Crippen LogP contribution in [0, 0.1) is 0 Å². The van der Waals surface area contributed by atoms with Crippen molar-refractivity contribution in [2.45, 2.75) is 13.3 Å². The van der Waals surface area contributed by atoms with Crippen LogP contribution in [0.15, 0.2) is 36.4 Å². The fourth-order valence-corrected chi connectivity index (χ4v) is 2.75. The molecule has 0 bridgehead atoms. The largest absolute Gasteiger partial charge is 0.493 e. The van der Waals surface area contributed by atoms with Gasteiger partial charge in [0.25, 0.3) is 5.91 Å². The van der Waals surface area contributed by atoms with Crippen LogP contribution in [0.5, 0.6) is 11.5 Å². The number of nitrogens with one attached hydrogen (secondary N) is 1. The molecule has 4 nitrogen and oxygen atoms in total. The van der Waals surface area contributed by atoms with Gasteiger partial charge in [0.2, 0.25) is 0 Å². The Labute approximate surface area is 146 Å². The molecule has 0 aliphatic carbocycles. The van der Waals surface area contributed by atoms with Gasteiger partial charge >= 0.3 is 0 Å². The first kappa shape index (κ1) is 16.4. The first-order chi connectivity index (χ1) is 11.6. The number of ether oxygens (including phenoxy) is 2. The highest BCUT2D eigenvalue weighted by Gasteiger charge is 2.24. The number of carbonyl (C=O) groups is 1. The van der Waals surface area contributed by atoms with E-state index in [1.807, 2.05) is 31.2 Å². The number of carbonyl (C=O) groups excluding carboxylic acids is 1. The molecule has 1 heterocycles. The molecule has 1 amide bonds. The zero-order chi connectivity index (χ0) is 17.1. The van der Waals surface area contributed by atoms with Crippen molar-refractivity contribution in [3.63, 3.8) is 0 Å². The first-order valence-electron chi connectivity index (χ1n) is 7.76. The van der Waals surface area contributed by atoms with Crippen LogP contribution < -0.4 is 14.8 Å². The Hall–Kier alpha value is -2.46. The predicted molar refractivity (Wildman–Crippen MR) is 96.7 cm³/mol. The van der Waals surface area contributed by atoms with Gasteiger partial charge in [-0.15, -0.1) is 0 Å². The number of hydrogen-bond donors (Lipinski definition) is 1. The Morgan fingerprint density at radius 2 is 2.00 bits per heavy atom. The van der Waals surface area contributed by atoms with Crippen molar-refractivity contribution in [2.75, 3.05) is 19.0 Å². The second kappa shape index (κ2) is 6.97. The summed E-state index contributed by atoms with van der Waals surface area (Å²) >= 11 is 6.06. The van der Waals surface area contributed by atoms with Gasteiger partial charge in [0.05, 0.1) is 13.7 Å². The number of anilines is 1. The third kappa shape index (κ3) is 3.24. The van der Waals surface area contributed by atoms with Gasteiger partial charge in [-0.1, -0.05) is 24.6 Å². The van der Waals surface area contributed by atoms with Crippen LogP contribution in [-0.2, 0) is 4.79 Å². The first-order valence-corrected chi connectivity index (χ1v) is 8.14. The van der Waals surface area contributed by atoms with Crippen molar-refractivity contribution < 1.29 is 14.3 Å². The van der Waals surface area contributed by atoms with E-state index in [0.29, 0.717) is 28.7 Å². The van der Waals surface area contributed by atoms with Gasteiger partial charge in [-0.3, -0.25) is 4.79 Å². The van der Waals surface area contributed by atoms with E-state index in [1.54, 1.807) is 25.3 Å². The molecular formula is C19H18ClNO3. The zero-order valence-electron chi connectivity index (χ0n) is 13.6. The monoisotopic (exact) mass is 343 g/mol. The molecule has 1 N–H and O–H groups in total. The molecule has 5 heteroatoms. The van der Waals surface area contributed by atoms with E-state index in [2.05, 4.69) is 5.32 Å². The molecule has 0 radical (unpaired) electrons. The topological polar surface area (TPSA) is 47.6 Å². The van der Waals surface area contributed by atoms with Crippen molar-refractivity contribution in [1.29, 1.82) is 0 Å². The SMILES string of the molecule is CCCOc1cc(C=C2C(=O)Nc3ccc(Cl)cc32)ccc1OC. The summed E-state index contributed by atoms with van der Waals surface area (Å²) in [6.07, 6.45) is 2.73. The average molecular weight is 344 g/mol. The Balaban J connectivity index is 2.00. The summed E-state index contributed by atoms with van der Waals surface area (Å²) in [6, 6.07) is 11.0. The van der Waals surface area contributed by atoms with Crippen molar-refractivity contribution in [3.8, 4) is 11.5 Å². The highest BCUT2D eigenvalue weighted by Crippen LogP contribution is 2.36. The van der Waals surface area contributed by atoms with E-state index in [-0.39, 0.29) is 5.91 Å². The molecule has 124 valence electrons. The molecule has 24 heavy (non-hydrogen) atoms. The van der Waals surface area contributed by atoms with Gasteiger partial charge in [0.15, 0.2) is 11.5 Å². The molecule has 0 atom stereocenters. The highest BCUT2D eigenvalue weighted by atomic mass is 35.5. The second-order valence-electron chi connectivity index (χ2n) is 5.46. The van der Waals surface area contributed by atoms with Crippen LogP contribution in [0.1, 0.15) is 24.5 Å². The van der Waals surface area contributed by atoms with E-state index in [0.717, 1.165) is 23.2 Å². The maximum atomic E-state index is 12.2. The molecule has 2 aromatic carbocycles. The minimum absolute atomic E-state index is 0.140.